The molecule has 0 bridgehead atoms. The SMILES string of the molecule is OCC[C@H]1CC12CC2. The molecule has 2 rings (SSSR count). The summed E-state index contributed by atoms with van der Waals surface area (Å²) in [5.74, 6) is 0.924. The van der Waals surface area contributed by atoms with Gasteiger partial charge < -0.3 is 5.11 Å². The summed E-state index contributed by atoms with van der Waals surface area (Å²) in [4.78, 5) is 0. The van der Waals surface area contributed by atoms with E-state index in [-0.39, 0.29) is 0 Å². The Morgan fingerprint density at radius 1 is 1.50 bits per heavy atom. The molecule has 1 nitrogen and oxygen atoms in total. The first-order valence-corrected chi connectivity index (χ1v) is 3.48. The van der Waals surface area contributed by atoms with Crippen LogP contribution >= 0.6 is 0 Å². The van der Waals surface area contributed by atoms with Crippen molar-refractivity contribution in [2.75, 3.05) is 6.61 Å². The fourth-order valence-electron chi connectivity index (χ4n) is 1.77. The molecule has 0 aromatic heterocycles. The number of hydrogen-bond donors (Lipinski definition) is 1. The smallest absolute Gasteiger partial charge is 0.0433 e. The molecular weight excluding hydrogens is 100 g/mol. The molecule has 8 heavy (non-hydrogen) atoms. The van der Waals surface area contributed by atoms with Crippen LogP contribution in [0.1, 0.15) is 25.7 Å². The summed E-state index contributed by atoms with van der Waals surface area (Å²) in [6, 6.07) is 0. The minimum atomic E-state index is 0.409. The predicted octanol–water partition coefficient (Wildman–Crippen LogP) is 1.17. The van der Waals surface area contributed by atoms with Gasteiger partial charge in [0.1, 0.15) is 0 Å². The lowest BCUT2D eigenvalue weighted by Gasteiger charge is -1.88. The Hall–Kier alpha value is -0.0400. The standard InChI is InChI=1S/C7H12O/c8-4-1-6-5-7(6)2-3-7/h6,8H,1-5H2/t6-/m0/s1. The normalized spacial score (nSPS) is 37.9. The highest BCUT2D eigenvalue weighted by molar-refractivity contribution is 5.11. The molecular formula is C7H12O. The summed E-state index contributed by atoms with van der Waals surface area (Å²) in [5, 5.41) is 8.54. The summed E-state index contributed by atoms with van der Waals surface area (Å²) in [6.07, 6.45) is 5.41. The van der Waals surface area contributed by atoms with Crippen LogP contribution in [0, 0.1) is 11.3 Å². The molecule has 0 unspecified atom stereocenters. The zero-order valence-corrected chi connectivity index (χ0v) is 5.06. The highest BCUT2D eigenvalue weighted by Gasteiger charge is 2.61. The van der Waals surface area contributed by atoms with Crippen molar-refractivity contribution in [3.63, 3.8) is 0 Å². The quantitative estimate of drug-likeness (QED) is 0.568. The Morgan fingerprint density at radius 3 is 2.62 bits per heavy atom. The second-order valence-electron chi connectivity index (χ2n) is 3.28. The van der Waals surface area contributed by atoms with Gasteiger partial charge in [-0.05, 0) is 37.0 Å². The molecule has 0 radical (unpaired) electrons. The summed E-state index contributed by atoms with van der Waals surface area (Å²) < 4.78 is 0. The Labute approximate surface area is 49.7 Å². The molecule has 0 aliphatic heterocycles. The van der Waals surface area contributed by atoms with Crippen LogP contribution in [0.5, 0.6) is 0 Å². The lowest BCUT2D eigenvalue weighted by atomic mass is 10.2. The van der Waals surface area contributed by atoms with Crippen molar-refractivity contribution in [1.82, 2.24) is 0 Å². The maximum Gasteiger partial charge on any atom is 0.0433 e. The van der Waals surface area contributed by atoms with Gasteiger partial charge in [-0.1, -0.05) is 0 Å². The van der Waals surface area contributed by atoms with Crippen molar-refractivity contribution in [3.8, 4) is 0 Å². The fraction of sp³-hybridized carbons (Fsp3) is 1.00. The van der Waals surface area contributed by atoms with E-state index in [9.17, 15) is 0 Å². The molecule has 0 saturated heterocycles. The van der Waals surface area contributed by atoms with Crippen LogP contribution < -0.4 is 0 Å². The molecule has 2 aliphatic carbocycles. The highest BCUT2D eigenvalue weighted by Crippen LogP contribution is 2.71. The fourth-order valence-corrected chi connectivity index (χ4v) is 1.77. The van der Waals surface area contributed by atoms with Crippen molar-refractivity contribution in [2.45, 2.75) is 25.7 Å². The number of hydrogen-bond acceptors (Lipinski definition) is 1. The van der Waals surface area contributed by atoms with Crippen molar-refractivity contribution in [2.24, 2.45) is 11.3 Å². The second-order valence-corrected chi connectivity index (χ2v) is 3.28. The molecule has 1 spiro atoms. The van der Waals surface area contributed by atoms with Crippen molar-refractivity contribution < 1.29 is 5.11 Å². The van der Waals surface area contributed by atoms with Gasteiger partial charge >= 0.3 is 0 Å². The summed E-state index contributed by atoms with van der Waals surface area (Å²) >= 11 is 0. The van der Waals surface area contributed by atoms with Crippen molar-refractivity contribution in [3.05, 3.63) is 0 Å². The maximum atomic E-state index is 8.54. The third-order valence-corrected chi connectivity index (χ3v) is 2.73. The molecule has 1 N–H and O–H groups in total. The van der Waals surface area contributed by atoms with Crippen LogP contribution in [0.4, 0.5) is 0 Å². The first-order chi connectivity index (χ1) is 3.87. The molecule has 2 saturated carbocycles. The van der Waals surface area contributed by atoms with E-state index in [0.29, 0.717) is 6.61 Å². The third kappa shape index (κ3) is 0.510. The molecule has 46 valence electrons. The molecule has 0 aromatic rings. The van der Waals surface area contributed by atoms with Gasteiger partial charge in [-0.25, -0.2) is 0 Å². The number of aliphatic hydroxyl groups is 1. The van der Waals surface area contributed by atoms with Crippen LogP contribution in [0.3, 0.4) is 0 Å². The van der Waals surface area contributed by atoms with E-state index >= 15 is 0 Å². The Morgan fingerprint density at radius 2 is 2.25 bits per heavy atom. The zero-order chi connectivity index (χ0) is 5.61. The minimum absolute atomic E-state index is 0.409. The topological polar surface area (TPSA) is 20.2 Å². The monoisotopic (exact) mass is 112 g/mol. The van der Waals surface area contributed by atoms with E-state index < -0.39 is 0 Å². The summed E-state index contributed by atoms with van der Waals surface area (Å²) in [7, 11) is 0. The van der Waals surface area contributed by atoms with Crippen LogP contribution in [-0.2, 0) is 0 Å². The van der Waals surface area contributed by atoms with Gasteiger partial charge in [0.25, 0.3) is 0 Å². The van der Waals surface area contributed by atoms with Crippen LogP contribution in [0.25, 0.3) is 0 Å². The van der Waals surface area contributed by atoms with Gasteiger partial charge in [-0.3, -0.25) is 0 Å². The Bertz CT molecular complexity index is 105. The zero-order valence-electron chi connectivity index (χ0n) is 5.06. The maximum absolute atomic E-state index is 8.54. The van der Waals surface area contributed by atoms with Crippen LogP contribution in [0.15, 0.2) is 0 Å². The van der Waals surface area contributed by atoms with Gasteiger partial charge in [-0.2, -0.15) is 0 Å². The van der Waals surface area contributed by atoms with E-state index in [1.165, 1.54) is 19.3 Å². The Kier molecular flexibility index (Phi) is 0.762. The van der Waals surface area contributed by atoms with Gasteiger partial charge in [0.05, 0.1) is 0 Å². The van der Waals surface area contributed by atoms with E-state index in [4.69, 9.17) is 5.11 Å². The lowest BCUT2D eigenvalue weighted by Crippen LogP contribution is -1.85. The number of aliphatic hydroxyl groups excluding tert-OH is 1. The van der Waals surface area contributed by atoms with Crippen molar-refractivity contribution in [1.29, 1.82) is 0 Å². The molecule has 2 aliphatic rings. The van der Waals surface area contributed by atoms with Gasteiger partial charge in [-0.15, -0.1) is 0 Å². The van der Waals surface area contributed by atoms with E-state index in [1.54, 1.807) is 0 Å². The third-order valence-electron chi connectivity index (χ3n) is 2.73. The van der Waals surface area contributed by atoms with E-state index in [0.717, 1.165) is 17.8 Å². The molecule has 2 fully saturated rings. The molecule has 0 heterocycles. The molecule has 1 heteroatoms. The average Bonchev–Trinajstić information content (AvgIpc) is 2.57. The van der Waals surface area contributed by atoms with E-state index in [2.05, 4.69) is 0 Å². The predicted molar refractivity (Wildman–Crippen MR) is 31.5 cm³/mol. The van der Waals surface area contributed by atoms with Crippen LogP contribution in [-0.4, -0.2) is 11.7 Å². The summed E-state index contributed by atoms with van der Waals surface area (Å²) in [6.45, 7) is 0.409. The van der Waals surface area contributed by atoms with Gasteiger partial charge in [0, 0.05) is 6.61 Å². The number of rotatable bonds is 2. The minimum Gasteiger partial charge on any atom is -0.396 e. The van der Waals surface area contributed by atoms with Gasteiger partial charge in [0.2, 0.25) is 0 Å². The molecule has 0 amide bonds. The summed E-state index contributed by atoms with van der Waals surface area (Å²) in [5.41, 5.74) is 0.808. The van der Waals surface area contributed by atoms with E-state index in [1.807, 2.05) is 0 Å². The highest BCUT2D eigenvalue weighted by atomic mass is 16.3. The Balaban J connectivity index is 1.80. The largest absolute Gasteiger partial charge is 0.396 e. The molecule has 0 aromatic carbocycles. The molecule has 1 atom stereocenters. The first kappa shape index (κ1) is 4.80. The van der Waals surface area contributed by atoms with Crippen LogP contribution in [0.2, 0.25) is 0 Å². The van der Waals surface area contributed by atoms with Gasteiger partial charge in [0.15, 0.2) is 0 Å². The first-order valence-electron chi connectivity index (χ1n) is 3.48. The average molecular weight is 112 g/mol. The lowest BCUT2D eigenvalue weighted by molar-refractivity contribution is 0.276. The second kappa shape index (κ2) is 1.27. The van der Waals surface area contributed by atoms with Crippen molar-refractivity contribution >= 4 is 0 Å².